The summed E-state index contributed by atoms with van der Waals surface area (Å²) in [4.78, 5) is 11.4. The summed E-state index contributed by atoms with van der Waals surface area (Å²) in [5.41, 5.74) is 1.79. The molecule has 2 aromatic heterocycles. The first-order valence-electron chi connectivity index (χ1n) is 2.92. The standard InChI is InChI=1S/C6H3I2N3/c7-3-1-4-5(9-2-3)11-6(8)10-4/h1-2H,(H,9,10,11). The molecule has 2 rings (SSSR count). The summed E-state index contributed by atoms with van der Waals surface area (Å²) in [6.07, 6.45) is 1.81. The Balaban J connectivity index is 2.82. The molecule has 0 aliphatic rings. The lowest BCUT2D eigenvalue weighted by Crippen LogP contribution is -1.77. The van der Waals surface area contributed by atoms with Gasteiger partial charge in [0, 0.05) is 9.77 Å². The molecule has 0 aliphatic heterocycles. The largest absolute Gasteiger partial charge is 0.332 e. The molecule has 2 aromatic rings. The van der Waals surface area contributed by atoms with Crippen LogP contribution in [0.25, 0.3) is 11.2 Å². The van der Waals surface area contributed by atoms with E-state index in [2.05, 4.69) is 60.1 Å². The lowest BCUT2D eigenvalue weighted by atomic mass is 10.4. The van der Waals surface area contributed by atoms with E-state index in [1.165, 1.54) is 0 Å². The molecule has 0 saturated carbocycles. The molecule has 5 heteroatoms. The van der Waals surface area contributed by atoms with E-state index in [1.807, 2.05) is 6.07 Å². The van der Waals surface area contributed by atoms with Gasteiger partial charge in [0.05, 0.1) is 5.52 Å². The number of fused-ring (bicyclic) bond motifs is 1. The molecule has 11 heavy (non-hydrogen) atoms. The van der Waals surface area contributed by atoms with Crippen LogP contribution >= 0.6 is 45.2 Å². The van der Waals surface area contributed by atoms with Crippen LogP contribution in [-0.4, -0.2) is 15.0 Å². The van der Waals surface area contributed by atoms with Crippen molar-refractivity contribution in [2.45, 2.75) is 0 Å². The molecule has 0 spiro atoms. The van der Waals surface area contributed by atoms with Crippen LogP contribution in [0.5, 0.6) is 0 Å². The zero-order valence-corrected chi connectivity index (χ0v) is 9.62. The number of hydrogen-bond acceptors (Lipinski definition) is 2. The highest BCUT2D eigenvalue weighted by Gasteiger charge is 2.00. The Hall–Kier alpha value is 0.0800. The van der Waals surface area contributed by atoms with Crippen molar-refractivity contribution >= 4 is 56.3 Å². The van der Waals surface area contributed by atoms with Crippen LogP contribution < -0.4 is 0 Å². The molecule has 0 bridgehead atoms. The zero-order valence-electron chi connectivity index (χ0n) is 5.31. The quantitative estimate of drug-likeness (QED) is 0.722. The maximum absolute atomic E-state index is 4.17. The first-order chi connectivity index (χ1) is 5.25. The average molecular weight is 371 g/mol. The molecule has 0 fully saturated rings. The summed E-state index contributed by atoms with van der Waals surface area (Å²) in [7, 11) is 0. The SMILES string of the molecule is Ic1cnc2nc(I)[nH]c2c1. The van der Waals surface area contributed by atoms with Crippen LogP contribution in [0.4, 0.5) is 0 Å². The maximum Gasteiger partial charge on any atom is 0.178 e. The number of nitrogens with one attached hydrogen (secondary N) is 1. The van der Waals surface area contributed by atoms with Crippen LogP contribution in [0.3, 0.4) is 0 Å². The van der Waals surface area contributed by atoms with Gasteiger partial charge in [-0.05, 0) is 51.2 Å². The third kappa shape index (κ3) is 1.48. The first kappa shape index (κ1) is 7.71. The Morgan fingerprint density at radius 2 is 2.18 bits per heavy atom. The number of H-pyrrole nitrogens is 1. The van der Waals surface area contributed by atoms with Crippen LogP contribution in [0.2, 0.25) is 0 Å². The summed E-state index contributed by atoms with van der Waals surface area (Å²) < 4.78 is 2.00. The molecule has 56 valence electrons. The number of imidazole rings is 1. The molecule has 0 amide bonds. The van der Waals surface area contributed by atoms with Gasteiger partial charge in [-0.2, -0.15) is 0 Å². The lowest BCUT2D eigenvalue weighted by molar-refractivity contribution is 1.24. The van der Waals surface area contributed by atoms with E-state index in [1.54, 1.807) is 6.20 Å². The third-order valence-corrected chi connectivity index (χ3v) is 2.38. The summed E-state index contributed by atoms with van der Waals surface area (Å²) in [5.74, 6) is 0. The van der Waals surface area contributed by atoms with Gasteiger partial charge in [-0.1, -0.05) is 0 Å². The van der Waals surface area contributed by atoms with E-state index in [4.69, 9.17) is 0 Å². The summed E-state index contributed by atoms with van der Waals surface area (Å²) in [5, 5.41) is 0. The number of pyridine rings is 1. The molecular formula is C6H3I2N3. The van der Waals surface area contributed by atoms with Crippen molar-refractivity contribution in [2.75, 3.05) is 0 Å². The zero-order chi connectivity index (χ0) is 7.84. The van der Waals surface area contributed by atoms with Crippen LogP contribution in [0.15, 0.2) is 12.3 Å². The third-order valence-electron chi connectivity index (χ3n) is 1.28. The Bertz CT molecular complexity index is 396. The van der Waals surface area contributed by atoms with Gasteiger partial charge in [-0.3, -0.25) is 0 Å². The molecule has 0 radical (unpaired) electrons. The molecule has 0 aliphatic carbocycles. The van der Waals surface area contributed by atoms with Gasteiger partial charge in [-0.25, -0.2) is 9.97 Å². The molecule has 0 atom stereocenters. The van der Waals surface area contributed by atoms with Crippen molar-refractivity contribution in [3.05, 3.63) is 19.7 Å². The Morgan fingerprint density at radius 3 is 3.00 bits per heavy atom. The van der Waals surface area contributed by atoms with E-state index >= 15 is 0 Å². The van der Waals surface area contributed by atoms with E-state index in [9.17, 15) is 0 Å². The van der Waals surface area contributed by atoms with Gasteiger partial charge < -0.3 is 4.98 Å². The number of aromatic amines is 1. The van der Waals surface area contributed by atoms with E-state index in [-0.39, 0.29) is 0 Å². The van der Waals surface area contributed by atoms with Gasteiger partial charge in [0.15, 0.2) is 9.48 Å². The molecule has 3 nitrogen and oxygen atoms in total. The van der Waals surface area contributed by atoms with E-state index in [0.29, 0.717) is 0 Å². The second-order valence-electron chi connectivity index (χ2n) is 2.05. The number of hydrogen-bond donors (Lipinski definition) is 1. The minimum absolute atomic E-state index is 0.787. The van der Waals surface area contributed by atoms with E-state index in [0.717, 1.165) is 18.6 Å². The van der Waals surface area contributed by atoms with Crippen molar-refractivity contribution < 1.29 is 0 Å². The number of rotatable bonds is 0. The normalized spacial score (nSPS) is 10.7. The predicted molar refractivity (Wildman–Crippen MR) is 59.3 cm³/mol. The Kier molecular flexibility index (Phi) is 2.00. The minimum atomic E-state index is 0.787. The lowest BCUT2D eigenvalue weighted by Gasteiger charge is -1.86. The topological polar surface area (TPSA) is 41.6 Å². The van der Waals surface area contributed by atoms with Crippen LogP contribution in [0, 0.1) is 7.40 Å². The van der Waals surface area contributed by atoms with Gasteiger partial charge in [0.2, 0.25) is 0 Å². The number of aromatic nitrogens is 3. The Labute approximate surface area is 90.3 Å². The second-order valence-corrected chi connectivity index (χ2v) is 4.32. The van der Waals surface area contributed by atoms with E-state index < -0.39 is 0 Å². The number of nitrogens with zero attached hydrogens (tertiary/aromatic N) is 2. The Morgan fingerprint density at radius 1 is 1.36 bits per heavy atom. The highest BCUT2D eigenvalue weighted by atomic mass is 127. The molecule has 0 aromatic carbocycles. The van der Waals surface area contributed by atoms with Gasteiger partial charge in [0.1, 0.15) is 0 Å². The smallest absolute Gasteiger partial charge is 0.178 e. The highest BCUT2D eigenvalue weighted by molar-refractivity contribution is 14.1. The summed E-state index contributed by atoms with van der Waals surface area (Å²) in [6, 6.07) is 2.03. The van der Waals surface area contributed by atoms with Crippen molar-refractivity contribution in [3.8, 4) is 0 Å². The predicted octanol–water partition coefficient (Wildman–Crippen LogP) is 2.17. The monoisotopic (exact) mass is 371 g/mol. The second kappa shape index (κ2) is 2.85. The van der Waals surface area contributed by atoms with Crippen molar-refractivity contribution in [1.82, 2.24) is 15.0 Å². The van der Waals surface area contributed by atoms with Crippen molar-refractivity contribution in [3.63, 3.8) is 0 Å². The van der Waals surface area contributed by atoms with Gasteiger partial charge in [0.25, 0.3) is 0 Å². The molecule has 1 N–H and O–H groups in total. The minimum Gasteiger partial charge on any atom is -0.332 e. The first-order valence-corrected chi connectivity index (χ1v) is 5.08. The van der Waals surface area contributed by atoms with Crippen molar-refractivity contribution in [1.29, 1.82) is 0 Å². The summed E-state index contributed by atoms with van der Waals surface area (Å²) in [6.45, 7) is 0. The fourth-order valence-corrected chi connectivity index (χ4v) is 1.81. The van der Waals surface area contributed by atoms with Gasteiger partial charge >= 0.3 is 0 Å². The molecule has 0 unspecified atom stereocenters. The van der Waals surface area contributed by atoms with Crippen LogP contribution in [-0.2, 0) is 0 Å². The molecular weight excluding hydrogens is 368 g/mol. The average Bonchev–Trinajstić information content (AvgIpc) is 2.27. The highest BCUT2D eigenvalue weighted by Crippen LogP contribution is 2.12. The van der Waals surface area contributed by atoms with Crippen LogP contribution in [0.1, 0.15) is 0 Å². The van der Waals surface area contributed by atoms with Crippen molar-refractivity contribution in [2.24, 2.45) is 0 Å². The summed E-state index contributed by atoms with van der Waals surface area (Å²) >= 11 is 4.36. The molecule has 2 heterocycles. The maximum atomic E-state index is 4.17. The fraction of sp³-hybridized carbons (Fsp3) is 0. The van der Waals surface area contributed by atoms with Gasteiger partial charge in [-0.15, -0.1) is 0 Å². The number of halogens is 2. The fourth-order valence-electron chi connectivity index (χ4n) is 0.845. The molecule has 0 saturated heterocycles.